The molecule has 1 aromatic carbocycles. The average Bonchev–Trinajstić information content (AvgIpc) is 2.29. The maximum absolute atomic E-state index is 9.62. The summed E-state index contributed by atoms with van der Waals surface area (Å²) in [6.07, 6.45) is 1.09. The van der Waals surface area contributed by atoms with Crippen LogP contribution in [0.1, 0.15) is 18.2 Å². The van der Waals surface area contributed by atoms with E-state index in [1.54, 1.807) is 6.20 Å². The second-order valence-corrected chi connectivity index (χ2v) is 3.31. The van der Waals surface area contributed by atoms with Crippen molar-refractivity contribution in [3.8, 4) is 0 Å². The van der Waals surface area contributed by atoms with Crippen LogP contribution in [0, 0.1) is 0 Å². The van der Waals surface area contributed by atoms with E-state index in [0.717, 1.165) is 11.0 Å². The lowest BCUT2D eigenvalue weighted by molar-refractivity contribution is 0.130. The van der Waals surface area contributed by atoms with Gasteiger partial charge in [-0.15, -0.1) is 0 Å². The quantitative estimate of drug-likeness (QED) is 0.784. The van der Waals surface area contributed by atoms with E-state index in [-0.39, 0.29) is 13.0 Å². The van der Waals surface area contributed by atoms with Crippen LogP contribution in [0.25, 0.3) is 11.0 Å². The van der Waals surface area contributed by atoms with Gasteiger partial charge >= 0.3 is 0 Å². The zero-order valence-corrected chi connectivity index (χ0v) is 8.17. The second kappa shape index (κ2) is 4.33. The third kappa shape index (κ3) is 2.11. The lowest BCUT2D eigenvalue weighted by atomic mass is 10.2. The summed E-state index contributed by atoms with van der Waals surface area (Å²) in [7, 11) is 0. The van der Waals surface area contributed by atoms with Crippen LogP contribution >= 0.6 is 0 Å². The van der Waals surface area contributed by atoms with Crippen LogP contribution in [-0.4, -0.2) is 26.8 Å². The zero-order chi connectivity index (χ0) is 10.7. The van der Waals surface area contributed by atoms with Gasteiger partial charge in [0.15, 0.2) is 0 Å². The number of benzene rings is 1. The average molecular weight is 204 g/mol. The molecule has 0 bridgehead atoms. The van der Waals surface area contributed by atoms with Crippen molar-refractivity contribution in [3.05, 3.63) is 36.2 Å². The number of fused-ring (bicyclic) bond motifs is 1. The fraction of sp³-hybridized carbons (Fsp3) is 0.273. The number of para-hydroxylation sites is 2. The van der Waals surface area contributed by atoms with Gasteiger partial charge in [0.2, 0.25) is 0 Å². The number of hydrogen-bond donors (Lipinski definition) is 2. The van der Waals surface area contributed by atoms with Gasteiger partial charge in [-0.2, -0.15) is 0 Å². The molecular weight excluding hydrogens is 192 g/mol. The molecule has 0 aliphatic rings. The van der Waals surface area contributed by atoms with Crippen molar-refractivity contribution in [3.63, 3.8) is 0 Å². The molecule has 1 atom stereocenters. The van der Waals surface area contributed by atoms with E-state index in [1.807, 2.05) is 24.3 Å². The van der Waals surface area contributed by atoms with Crippen molar-refractivity contribution < 1.29 is 10.2 Å². The van der Waals surface area contributed by atoms with Crippen LogP contribution in [0.15, 0.2) is 30.5 Å². The van der Waals surface area contributed by atoms with Crippen molar-refractivity contribution in [1.29, 1.82) is 0 Å². The largest absolute Gasteiger partial charge is 0.396 e. The first kappa shape index (κ1) is 10.0. The predicted octanol–water partition coefficient (Wildman–Crippen LogP) is 1.05. The van der Waals surface area contributed by atoms with Crippen LogP contribution in [0.5, 0.6) is 0 Å². The molecular formula is C11H12N2O2. The second-order valence-electron chi connectivity index (χ2n) is 3.31. The summed E-state index contributed by atoms with van der Waals surface area (Å²) in [6, 6.07) is 7.47. The molecule has 1 aromatic heterocycles. The smallest absolute Gasteiger partial charge is 0.0997 e. The molecule has 4 nitrogen and oxygen atoms in total. The summed E-state index contributed by atoms with van der Waals surface area (Å²) >= 11 is 0. The molecule has 0 amide bonds. The molecule has 15 heavy (non-hydrogen) atoms. The predicted molar refractivity (Wildman–Crippen MR) is 56.2 cm³/mol. The third-order valence-corrected chi connectivity index (χ3v) is 2.21. The van der Waals surface area contributed by atoms with E-state index < -0.39 is 6.10 Å². The molecule has 0 saturated heterocycles. The van der Waals surface area contributed by atoms with E-state index in [2.05, 4.69) is 9.97 Å². The van der Waals surface area contributed by atoms with Gasteiger partial charge in [-0.05, 0) is 12.1 Å². The number of aromatic nitrogens is 2. The SMILES string of the molecule is OCCC(O)c1cnc2ccccc2n1. The number of hydrogen-bond acceptors (Lipinski definition) is 4. The molecule has 0 aliphatic carbocycles. The Hall–Kier alpha value is -1.52. The van der Waals surface area contributed by atoms with E-state index in [0.29, 0.717) is 5.69 Å². The Kier molecular flexibility index (Phi) is 2.89. The highest BCUT2D eigenvalue weighted by molar-refractivity contribution is 5.73. The molecule has 0 radical (unpaired) electrons. The highest BCUT2D eigenvalue weighted by Gasteiger charge is 2.09. The van der Waals surface area contributed by atoms with E-state index in [9.17, 15) is 5.11 Å². The van der Waals surface area contributed by atoms with Gasteiger partial charge in [0.25, 0.3) is 0 Å². The Morgan fingerprint density at radius 3 is 2.67 bits per heavy atom. The monoisotopic (exact) mass is 204 g/mol. The van der Waals surface area contributed by atoms with Gasteiger partial charge in [-0.25, -0.2) is 4.98 Å². The summed E-state index contributed by atoms with van der Waals surface area (Å²) in [5, 5.41) is 18.3. The lowest BCUT2D eigenvalue weighted by Crippen LogP contribution is -2.03. The van der Waals surface area contributed by atoms with Crippen LogP contribution in [0.4, 0.5) is 0 Å². The molecule has 1 unspecified atom stereocenters. The molecule has 0 spiro atoms. The molecule has 0 saturated carbocycles. The van der Waals surface area contributed by atoms with Gasteiger partial charge in [-0.1, -0.05) is 12.1 Å². The van der Waals surface area contributed by atoms with Crippen LogP contribution < -0.4 is 0 Å². The van der Waals surface area contributed by atoms with E-state index in [1.165, 1.54) is 0 Å². The molecule has 4 heteroatoms. The number of nitrogens with zero attached hydrogens (tertiary/aromatic N) is 2. The first-order valence-electron chi connectivity index (χ1n) is 4.82. The Labute approximate surface area is 87.2 Å². The van der Waals surface area contributed by atoms with Gasteiger partial charge in [-0.3, -0.25) is 4.98 Å². The first-order chi connectivity index (χ1) is 7.31. The highest BCUT2D eigenvalue weighted by Crippen LogP contribution is 2.16. The van der Waals surface area contributed by atoms with E-state index in [4.69, 9.17) is 5.11 Å². The molecule has 2 rings (SSSR count). The number of aliphatic hydroxyl groups is 2. The minimum Gasteiger partial charge on any atom is -0.396 e. The Morgan fingerprint density at radius 2 is 1.93 bits per heavy atom. The topological polar surface area (TPSA) is 66.2 Å². The summed E-state index contributed by atoms with van der Waals surface area (Å²) in [6.45, 7) is -0.0598. The van der Waals surface area contributed by atoms with Crippen molar-refractivity contribution >= 4 is 11.0 Å². The minimum atomic E-state index is -0.743. The van der Waals surface area contributed by atoms with Crippen molar-refractivity contribution in [2.24, 2.45) is 0 Å². The molecule has 78 valence electrons. The summed E-state index contributed by atoms with van der Waals surface area (Å²) in [5.41, 5.74) is 2.06. The van der Waals surface area contributed by atoms with Crippen molar-refractivity contribution in [2.45, 2.75) is 12.5 Å². The number of aliphatic hydroxyl groups excluding tert-OH is 2. The van der Waals surface area contributed by atoms with Crippen LogP contribution in [-0.2, 0) is 0 Å². The molecule has 2 N–H and O–H groups in total. The summed E-state index contributed by atoms with van der Waals surface area (Å²) in [4.78, 5) is 8.45. The van der Waals surface area contributed by atoms with Crippen molar-refractivity contribution in [1.82, 2.24) is 9.97 Å². The summed E-state index contributed by atoms with van der Waals surface area (Å²) < 4.78 is 0. The highest BCUT2D eigenvalue weighted by atomic mass is 16.3. The van der Waals surface area contributed by atoms with Gasteiger partial charge in [0, 0.05) is 13.0 Å². The van der Waals surface area contributed by atoms with Crippen molar-refractivity contribution in [2.75, 3.05) is 6.61 Å². The van der Waals surface area contributed by atoms with E-state index >= 15 is 0 Å². The van der Waals surface area contributed by atoms with Gasteiger partial charge in [0.05, 0.1) is 29.0 Å². The van der Waals surface area contributed by atoms with Gasteiger partial charge < -0.3 is 10.2 Å². The Balaban J connectivity index is 2.38. The Morgan fingerprint density at radius 1 is 1.20 bits per heavy atom. The molecule has 1 heterocycles. The third-order valence-electron chi connectivity index (χ3n) is 2.21. The standard InChI is InChI=1S/C11H12N2O2/c14-6-5-11(15)10-7-12-8-3-1-2-4-9(8)13-10/h1-4,7,11,14-15H,5-6H2. The maximum Gasteiger partial charge on any atom is 0.0997 e. The normalized spacial score (nSPS) is 12.9. The number of rotatable bonds is 3. The fourth-order valence-electron chi connectivity index (χ4n) is 1.40. The first-order valence-corrected chi connectivity index (χ1v) is 4.82. The molecule has 0 aliphatic heterocycles. The summed E-state index contributed by atoms with van der Waals surface area (Å²) in [5.74, 6) is 0. The Bertz CT molecular complexity index is 459. The lowest BCUT2D eigenvalue weighted by Gasteiger charge is -2.08. The zero-order valence-electron chi connectivity index (χ0n) is 8.17. The fourth-order valence-corrected chi connectivity index (χ4v) is 1.40. The van der Waals surface area contributed by atoms with Crippen LogP contribution in [0.3, 0.4) is 0 Å². The molecule has 0 fully saturated rings. The maximum atomic E-state index is 9.62. The van der Waals surface area contributed by atoms with Crippen LogP contribution in [0.2, 0.25) is 0 Å². The van der Waals surface area contributed by atoms with Gasteiger partial charge in [0.1, 0.15) is 0 Å². The minimum absolute atomic E-state index is 0.0598. The molecule has 2 aromatic rings.